The third kappa shape index (κ3) is 4.58. The van der Waals surface area contributed by atoms with Gasteiger partial charge in [0.05, 0.1) is 5.69 Å². The van der Waals surface area contributed by atoms with E-state index in [2.05, 4.69) is 15.7 Å². The van der Waals surface area contributed by atoms with Gasteiger partial charge in [0.1, 0.15) is 11.5 Å². The molecule has 0 saturated heterocycles. The Labute approximate surface area is 155 Å². The van der Waals surface area contributed by atoms with Crippen molar-refractivity contribution in [2.45, 2.75) is 32.1 Å². The summed E-state index contributed by atoms with van der Waals surface area (Å²) in [5.41, 5.74) is 0.0584. The molecule has 1 aliphatic carbocycles. The Morgan fingerprint density at radius 2 is 1.85 bits per heavy atom. The van der Waals surface area contributed by atoms with Gasteiger partial charge >= 0.3 is 0 Å². The lowest BCUT2D eigenvalue weighted by Crippen LogP contribution is -2.25. The van der Waals surface area contributed by atoms with Crippen LogP contribution in [-0.2, 0) is 11.8 Å². The molecule has 1 saturated carbocycles. The zero-order chi connectivity index (χ0) is 19.4. The number of carbonyl (C=O) groups excluding carboxylic acids is 2. The summed E-state index contributed by atoms with van der Waals surface area (Å²) in [5.74, 6) is -1.41. The fourth-order valence-electron chi connectivity index (χ4n) is 3.12. The Morgan fingerprint density at radius 3 is 2.56 bits per heavy atom. The van der Waals surface area contributed by atoms with Crippen LogP contribution in [0.2, 0.25) is 0 Å². The van der Waals surface area contributed by atoms with Crippen molar-refractivity contribution in [2.75, 3.05) is 10.6 Å². The molecule has 8 heteroatoms. The van der Waals surface area contributed by atoms with E-state index in [0.29, 0.717) is 5.69 Å². The van der Waals surface area contributed by atoms with Crippen molar-refractivity contribution in [1.82, 2.24) is 9.78 Å². The van der Waals surface area contributed by atoms with Gasteiger partial charge in [-0.15, -0.1) is 0 Å². The molecule has 27 heavy (non-hydrogen) atoms. The molecule has 1 aromatic carbocycles. The smallest absolute Gasteiger partial charge is 0.276 e. The van der Waals surface area contributed by atoms with Crippen LogP contribution < -0.4 is 16.2 Å². The second-order valence-electron chi connectivity index (χ2n) is 6.65. The van der Waals surface area contributed by atoms with Gasteiger partial charge in [0, 0.05) is 24.7 Å². The lowest BCUT2D eigenvalue weighted by molar-refractivity contribution is -0.120. The van der Waals surface area contributed by atoms with E-state index < -0.39 is 11.7 Å². The van der Waals surface area contributed by atoms with E-state index in [1.165, 1.54) is 37.4 Å². The number of halogens is 1. The Bertz CT molecular complexity index is 919. The zero-order valence-electron chi connectivity index (χ0n) is 15.0. The fraction of sp³-hybridized carbons (Fsp3) is 0.368. The minimum Gasteiger partial charge on any atom is -0.323 e. The van der Waals surface area contributed by atoms with Gasteiger partial charge in [-0.3, -0.25) is 14.4 Å². The lowest BCUT2D eigenvalue weighted by atomic mass is 9.88. The molecule has 0 bridgehead atoms. The standard InChI is InChI=1S/C19H21FN4O3/c1-24-17(25)10-9-15(23-24)19(27)21-13-7-8-14(20)16(11-13)22-18(26)12-5-3-2-4-6-12/h7-12H,2-6H2,1H3,(H,21,27)(H,22,26). The van der Waals surface area contributed by atoms with Crippen LogP contribution in [0.4, 0.5) is 15.8 Å². The van der Waals surface area contributed by atoms with Gasteiger partial charge in [-0.05, 0) is 37.1 Å². The van der Waals surface area contributed by atoms with Crippen molar-refractivity contribution in [2.24, 2.45) is 13.0 Å². The normalized spacial score (nSPS) is 14.6. The summed E-state index contributed by atoms with van der Waals surface area (Å²) in [6.45, 7) is 0. The second-order valence-corrected chi connectivity index (χ2v) is 6.65. The highest BCUT2D eigenvalue weighted by atomic mass is 19.1. The number of benzene rings is 1. The molecule has 0 aliphatic heterocycles. The molecular formula is C19H21FN4O3. The predicted octanol–water partition coefficient (Wildman–Crippen LogP) is 2.69. The number of nitrogens with one attached hydrogen (secondary N) is 2. The molecule has 1 heterocycles. The van der Waals surface area contributed by atoms with Gasteiger partial charge in [0.25, 0.3) is 11.5 Å². The summed E-state index contributed by atoms with van der Waals surface area (Å²) >= 11 is 0. The largest absolute Gasteiger partial charge is 0.323 e. The molecule has 2 aromatic rings. The van der Waals surface area contributed by atoms with Gasteiger partial charge < -0.3 is 10.6 Å². The number of hydrogen-bond donors (Lipinski definition) is 2. The first-order valence-electron chi connectivity index (χ1n) is 8.90. The van der Waals surface area contributed by atoms with Crippen molar-refractivity contribution >= 4 is 23.2 Å². The molecule has 1 aromatic heterocycles. The van der Waals surface area contributed by atoms with Crippen molar-refractivity contribution in [3.63, 3.8) is 0 Å². The van der Waals surface area contributed by atoms with Crippen LogP contribution in [0.15, 0.2) is 35.1 Å². The molecule has 3 rings (SSSR count). The van der Waals surface area contributed by atoms with Crippen molar-refractivity contribution in [1.29, 1.82) is 0 Å². The number of nitrogens with zero attached hydrogens (tertiary/aromatic N) is 2. The average Bonchev–Trinajstić information content (AvgIpc) is 2.67. The summed E-state index contributed by atoms with van der Waals surface area (Å²) in [6, 6.07) is 6.50. The number of amides is 2. The highest BCUT2D eigenvalue weighted by Crippen LogP contribution is 2.26. The van der Waals surface area contributed by atoms with Gasteiger partial charge in [-0.2, -0.15) is 5.10 Å². The maximum absolute atomic E-state index is 14.1. The van der Waals surface area contributed by atoms with E-state index in [1.54, 1.807) is 0 Å². The number of anilines is 2. The fourth-order valence-corrected chi connectivity index (χ4v) is 3.12. The number of aromatic nitrogens is 2. The molecule has 2 amide bonds. The van der Waals surface area contributed by atoms with Crippen molar-refractivity contribution in [3.8, 4) is 0 Å². The minimum atomic E-state index is -0.572. The average molecular weight is 372 g/mol. The van der Waals surface area contributed by atoms with Crippen LogP contribution in [0.1, 0.15) is 42.6 Å². The van der Waals surface area contributed by atoms with Gasteiger partial charge in [-0.1, -0.05) is 19.3 Å². The van der Waals surface area contributed by atoms with E-state index in [-0.39, 0.29) is 28.8 Å². The van der Waals surface area contributed by atoms with Crippen molar-refractivity contribution < 1.29 is 14.0 Å². The zero-order valence-corrected chi connectivity index (χ0v) is 15.0. The topological polar surface area (TPSA) is 93.1 Å². The SMILES string of the molecule is Cn1nc(C(=O)Nc2ccc(F)c(NC(=O)C3CCCCC3)c2)ccc1=O. The third-order valence-corrected chi connectivity index (χ3v) is 4.65. The van der Waals surface area contributed by atoms with Crippen LogP contribution in [-0.4, -0.2) is 21.6 Å². The monoisotopic (exact) mass is 372 g/mol. The molecule has 142 valence electrons. The van der Waals surface area contributed by atoms with Crippen LogP contribution >= 0.6 is 0 Å². The van der Waals surface area contributed by atoms with Crippen LogP contribution in [0.3, 0.4) is 0 Å². The van der Waals surface area contributed by atoms with Gasteiger partial charge in [0.15, 0.2) is 0 Å². The Morgan fingerprint density at radius 1 is 1.11 bits per heavy atom. The highest BCUT2D eigenvalue weighted by Gasteiger charge is 2.22. The number of carbonyl (C=O) groups is 2. The summed E-state index contributed by atoms with van der Waals surface area (Å²) < 4.78 is 15.1. The van der Waals surface area contributed by atoms with E-state index in [9.17, 15) is 18.8 Å². The van der Waals surface area contributed by atoms with E-state index in [4.69, 9.17) is 0 Å². The van der Waals surface area contributed by atoms with Gasteiger partial charge in [-0.25, -0.2) is 9.07 Å². The molecule has 0 unspecified atom stereocenters. The minimum absolute atomic E-state index is 0.0248. The van der Waals surface area contributed by atoms with E-state index in [0.717, 1.165) is 36.8 Å². The first-order chi connectivity index (χ1) is 12.9. The molecule has 1 aliphatic rings. The summed E-state index contributed by atoms with van der Waals surface area (Å²) in [7, 11) is 1.44. The van der Waals surface area contributed by atoms with Crippen molar-refractivity contribution in [3.05, 3.63) is 52.2 Å². The third-order valence-electron chi connectivity index (χ3n) is 4.65. The molecule has 0 radical (unpaired) electrons. The van der Waals surface area contributed by atoms with Gasteiger partial charge in [0.2, 0.25) is 5.91 Å². The maximum atomic E-state index is 14.1. The molecule has 0 spiro atoms. The number of hydrogen-bond acceptors (Lipinski definition) is 4. The van der Waals surface area contributed by atoms with Crippen LogP contribution in [0.25, 0.3) is 0 Å². The quantitative estimate of drug-likeness (QED) is 0.863. The summed E-state index contributed by atoms with van der Waals surface area (Å²) in [5, 5.41) is 9.08. The second kappa shape index (κ2) is 8.11. The van der Waals surface area contributed by atoms with Crippen LogP contribution in [0, 0.1) is 11.7 Å². The Balaban J connectivity index is 1.72. The lowest BCUT2D eigenvalue weighted by Gasteiger charge is -2.21. The number of rotatable bonds is 4. The molecule has 7 nitrogen and oxygen atoms in total. The first kappa shape index (κ1) is 18.8. The summed E-state index contributed by atoms with van der Waals surface area (Å²) in [4.78, 5) is 36.0. The number of aryl methyl sites for hydroxylation is 1. The summed E-state index contributed by atoms with van der Waals surface area (Å²) in [6.07, 6.45) is 4.75. The molecular weight excluding hydrogens is 351 g/mol. The highest BCUT2D eigenvalue weighted by molar-refractivity contribution is 6.03. The molecule has 2 N–H and O–H groups in total. The predicted molar refractivity (Wildman–Crippen MR) is 99.0 cm³/mol. The van der Waals surface area contributed by atoms with E-state index >= 15 is 0 Å². The Kier molecular flexibility index (Phi) is 5.63. The van der Waals surface area contributed by atoms with E-state index in [1.807, 2.05) is 0 Å². The Hall–Kier alpha value is -3.03. The first-order valence-corrected chi connectivity index (χ1v) is 8.90. The van der Waals surface area contributed by atoms with Crippen LogP contribution in [0.5, 0.6) is 0 Å². The molecule has 0 atom stereocenters. The molecule has 1 fully saturated rings. The maximum Gasteiger partial charge on any atom is 0.276 e.